The molecule has 1 unspecified atom stereocenters. The minimum absolute atomic E-state index is 0.0215. The number of thiazole rings is 1. The van der Waals surface area contributed by atoms with Crippen molar-refractivity contribution in [2.75, 3.05) is 19.6 Å². The summed E-state index contributed by atoms with van der Waals surface area (Å²) in [4.78, 5) is 4.46. The van der Waals surface area contributed by atoms with Gasteiger partial charge >= 0.3 is 0 Å². The minimum atomic E-state index is -0.0215. The van der Waals surface area contributed by atoms with E-state index in [0.29, 0.717) is 5.41 Å². The van der Waals surface area contributed by atoms with E-state index in [-0.39, 0.29) is 5.54 Å². The first-order chi connectivity index (χ1) is 9.08. The monoisotopic (exact) mass is 281 g/mol. The van der Waals surface area contributed by atoms with E-state index in [2.05, 4.69) is 41.8 Å². The van der Waals surface area contributed by atoms with Gasteiger partial charge in [0.05, 0.1) is 5.54 Å². The maximum atomic E-state index is 4.46. The highest BCUT2D eigenvalue weighted by Gasteiger charge is 2.33. The SMILES string of the molecule is CCCC1(CNC(C)(C)c2nccs2)CCCNC1. The molecule has 1 fully saturated rings. The number of piperidine rings is 1. The number of hydrogen-bond donors (Lipinski definition) is 2. The Hall–Kier alpha value is -0.450. The van der Waals surface area contributed by atoms with Gasteiger partial charge in [0.15, 0.2) is 0 Å². The average Bonchev–Trinajstić information content (AvgIpc) is 2.93. The molecule has 1 aromatic rings. The van der Waals surface area contributed by atoms with Crippen LogP contribution < -0.4 is 10.6 Å². The molecule has 2 N–H and O–H groups in total. The van der Waals surface area contributed by atoms with Gasteiger partial charge in [0.25, 0.3) is 0 Å². The predicted octanol–water partition coefficient (Wildman–Crippen LogP) is 3.14. The van der Waals surface area contributed by atoms with Crippen molar-refractivity contribution in [3.8, 4) is 0 Å². The summed E-state index contributed by atoms with van der Waals surface area (Å²) in [7, 11) is 0. The van der Waals surface area contributed by atoms with Crippen LogP contribution in [0.2, 0.25) is 0 Å². The normalized spacial score (nSPS) is 24.6. The van der Waals surface area contributed by atoms with Crippen molar-refractivity contribution in [2.45, 2.75) is 52.0 Å². The van der Waals surface area contributed by atoms with Gasteiger partial charge in [-0.2, -0.15) is 0 Å². The van der Waals surface area contributed by atoms with Crippen LogP contribution in [0.25, 0.3) is 0 Å². The van der Waals surface area contributed by atoms with Gasteiger partial charge in [0.2, 0.25) is 0 Å². The van der Waals surface area contributed by atoms with Gasteiger partial charge < -0.3 is 10.6 Å². The van der Waals surface area contributed by atoms with E-state index in [9.17, 15) is 0 Å². The molecule has 3 nitrogen and oxygen atoms in total. The summed E-state index contributed by atoms with van der Waals surface area (Å²) in [5.41, 5.74) is 0.411. The number of rotatable bonds is 6. The molecule has 2 rings (SSSR count). The summed E-state index contributed by atoms with van der Waals surface area (Å²) in [5.74, 6) is 0. The van der Waals surface area contributed by atoms with Gasteiger partial charge in [-0.1, -0.05) is 13.3 Å². The lowest BCUT2D eigenvalue weighted by Gasteiger charge is -2.40. The zero-order valence-electron chi connectivity index (χ0n) is 12.5. The zero-order valence-corrected chi connectivity index (χ0v) is 13.3. The molecule has 0 aliphatic carbocycles. The van der Waals surface area contributed by atoms with Crippen LogP contribution in [0.1, 0.15) is 51.5 Å². The zero-order chi connectivity index (χ0) is 13.8. The maximum absolute atomic E-state index is 4.46. The fraction of sp³-hybridized carbons (Fsp3) is 0.800. The van der Waals surface area contributed by atoms with Crippen molar-refractivity contribution < 1.29 is 0 Å². The van der Waals surface area contributed by atoms with Crippen molar-refractivity contribution in [2.24, 2.45) is 5.41 Å². The molecule has 1 aliphatic rings. The van der Waals surface area contributed by atoms with Gasteiger partial charge in [-0.05, 0) is 45.1 Å². The molecular weight excluding hydrogens is 254 g/mol. The van der Waals surface area contributed by atoms with Gasteiger partial charge in [-0.15, -0.1) is 11.3 Å². The standard InChI is InChI=1S/C15H27N3S/c1-4-6-15(7-5-8-16-11-15)12-18-14(2,3)13-17-9-10-19-13/h9-10,16,18H,4-8,11-12H2,1-3H3. The highest BCUT2D eigenvalue weighted by Crippen LogP contribution is 2.32. The van der Waals surface area contributed by atoms with Crippen LogP contribution in [0.3, 0.4) is 0 Å². The number of nitrogens with one attached hydrogen (secondary N) is 2. The summed E-state index contributed by atoms with van der Waals surface area (Å²) in [6, 6.07) is 0. The molecule has 0 radical (unpaired) electrons. The molecule has 0 aromatic carbocycles. The fourth-order valence-corrected chi connectivity index (χ4v) is 3.77. The Morgan fingerprint density at radius 2 is 2.37 bits per heavy atom. The lowest BCUT2D eigenvalue weighted by Crippen LogP contribution is -2.50. The Morgan fingerprint density at radius 3 is 2.95 bits per heavy atom. The van der Waals surface area contributed by atoms with E-state index in [0.717, 1.165) is 13.1 Å². The molecule has 108 valence electrons. The van der Waals surface area contributed by atoms with Gasteiger partial charge in [0.1, 0.15) is 5.01 Å². The molecule has 2 heterocycles. The van der Waals surface area contributed by atoms with Crippen molar-refractivity contribution >= 4 is 11.3 Å². The van der Waals surface area contributed by atoms with Gasteiger partial charge in [0, 0.05) is 24.7 Å². The van der Waals surface area contributed by atoms with Crippen LogP contribution in [0.5, 0.6) is 0 Å². The molecule has 0 amide bonds. The van der Waals surface area contributed by atoms with E-state index in [1.54, 1.807) is 11.3 Å². The molecule has 19 heavy (non-hydrogen) atoms. The minimum Gasteiger partial charge on any atom is -0.316 e. The molecule has 0 saturated carbocycles. The topological polar surface area (TPSA) is 37.0 Å². The first-order valence-corrected chi connectivity index (χ1v) is 8.32. The second kappa shape index (κ2) is 6.33. The summed E-state index contributed by atoms with van der Waals surface area (Å²) >= 11 is 1.74. The lowest BCUT2D eigenvalue weighted by atomic mass is 9.76. The Kier molecular flexibility index (Phi) is 4.98. The molecule has 0 spiro atoms. The van der Waals surface area contributed by atoms with E-state index in [4.69, 9.17) is 0 Å². The van der Waals surface area contributed by atoms with Crippen molar-refractivity contribution in [1.29, 1.82) is 0 Å². The number of hydrogen-bond acceptors (Lipinski definition) is 4. The summed E-state index contributed by atoms with van der Waals surface area (Å²) in [6.07, 6.45) is 7.11. The maximum Gasteiger partial charge on any atom is 0.112 e. The quantitative estimate of drug-likeness (QED) is 0.841. The van der Waals surface area contributed by atoms with Crippen molar-refractivity contribution in [1.82, 2.24) is 15.6 Å². The van der Waals surface area contributed by atoms with E-state index in [1.807, 2.05) is 6.20 Å². The van der Waals surface area contributed by atoms with Crippen LogP contribution in [-0.4, -0.2) is 24.6 Å². The first kappa shape index (κ1) is 14.9. The average molecular weight is 281 g/mol. The third-order valence-corrected chi connectivity index (χ3v) is 5.31. The molecular formula is C15H27N3S. The van der Waals surface area contributed by atoms with Crippen LogP contribution in [0.15, 0.2) is 11.6 Å². The lowest BCUT2D eigenvalue weighted by molar-refractivity contribution is 0.164. The summed E-state index contributed by atoms with van der Waals surface area (Å²) in [5, 5.41) is 10.6. The molecule has 1 saturated heterocycles. The third kappa shape index (κ3) is 3.77. The second-order valence-electron chi connectivity index (χ2n) is 6.35. The van der Waals surface area contributed by atoms with E-state index < -0.39 is 0 Å². The fourth-order valence-electron chi connectivity index (χ4n) is 3.03. The number of aromatic nitrogens is 1. The largest absolute Gasteiger partial charge is 0.316 e. The van der Waals surface area contributed by atoms with Crippen LogP contribution >= 0.6 is 11.3 Å². The Labute approximate surface area is 121 Å². The van der Waals surface area contributed by atoms with Crippen LogP contribution in [0, 0.1) is 5.41 Å². The second-order valence-corrected chi connectivity index (χ2v) is 7.24. The Bertz CT molecular complexity index is 361. The highest BCUT2D eigenvalue weighted by atomic mass is 32.1. The smallest absolute Gasteiger partial charge is 0.112 e. The Balaban J connectivity index is 1.98. The number of nitrogens with zero attached hydrogens (tertiary/aromatic N) is 1. The molecule has 1 atom stereocenters. The highest BCUT2D eigenvalue weighted by molar-refractivity contribution is 7.09. The Morgan fingerprint density at radius 1 is 1.53 bits per heavy atom. The van der Waals surface area contributed by atoms with Crippen LogP contribution in [0.4, 0.5) is 0 Å². The van der Waals surface area contributed by atoms with Gasteiger partial charge in [-0.3, -0.25) is 0 Å². The third-order valence-electron chi connectivity index (χ3n) is 4.21. The summed E-state index contributed by atoms with van der Waals surface area (Å²) < 4.78 is 0. The predicted molar refractivity (Wildman–Crippen MR) is 82.6 cm³/mol. The molecule has 0 bridgehead atoms. The van der Waals surface area contributed by atoms with Crippen molar-refractivity contribution in [3.63, 3.8) is 0 Å². The first-order valence-electron chi connectivity index (χ1n) is 7.44. The van der Waals surface area contributed by atoms with Crippen LogP contribution in [-0.2, 0) is 5.54 Å². The molecule has 4 heteroatoms. The summed E-state index contributed by atoms with van der Waals surface area (Å²) in [6.45, 7) is 10.2. The van der Waals surface area contributed by atoms with Crippen molar-refractivity contribution in [3.05, 3.63) is 16.6 Å². The molecule has 1 aromatic heterocycles. The van der Waals surface area contributed by atoms with E-state index in [1.165, 1.54) is 37.2 Å². The molecule has 1 aliphatic heterocycles. The van der Waals surface area contributed by atoms with Gasteiger partial charge in [-0.25, -0.2) is 4.98 Å². The van der Waals surface area contributed by atoms with E-state index >= 15 is 0 Å².